The molecule has 0 spiro atoms. The van der Waals surface area contributed by atoms with Gasteiger partial charge in [0.15, 0.2) is 0 Å². The van der Waals surface area contributed by atoms with Gasteiger partial charge in [-0.2, -0.15) is 0 Å². The van der Waals surface area contributed by atoms with Crippen LogP contribution in [0.15, 0.2) is 66.2 Å². The molecule has 1 amide bonds. The zero-order valence-electron chi connectivity index (χ0n) is 14.5. The van der Waals surface area contributed by atoms with Crippen LogP contribution in [0.5, 0.6) is 0 Å². The van der Waals surface area contributed by atoms with Crippen LogP contribution in [0, 0.1) is 0 Å². The van der Waals surface area contributed by atoms with Gasteiger partial charge in [-0.3, -0.25) is 9.69 Å². The van der Waals surface area contributed by atoms with Crippen LogP contribution in [0.3, 0.4) is 0 Å². The van der Waals surface area contributed by atoms with Crippen molar-refractivity contribution in [2.75, 3.05) is 13.1 Å². The van der Waals surface area contributed by atoms with Crippen LogP contribution < -0.4 is 0 Å². The van der Waals surface area contributed by atoms with E-state index in [0.29, 0.717) is 12.6 Å². The van der Waals surface area contributed by atoms with Gasteiger partial charge in [-0.1, -0.05) is 36.4 Å². The number of aromatic nitrogens is 1. The first-order valence-electron chi connectivity index (χ1n) is 9.06. The molecule has 3 aromatic rings. The maximum Gasteiger partial charge on any atom is 0.271 e. The minimum absolute atomic E-state index is 0.151. The summed E-state index contributed by atoms with van der Waals surface area (Å²) in [7, 11) is 0. The molecule has 0 unspecified atom stereocenters. The summed E-state index contributed by atoms with van der Waals surface area (Å²) in [6, 6.07) is 19.1. The lowest BCUT2D eigenvalue weighted by Gasteiger charge is -2.38. The van der Waals surface area contributed by atoms with Crippen molar-refractivity contribution in [3.8, 4) is 0 Å². The fourth-order valence-electron chi connectivity index (χ4n) is 4.31. The lowest BCUT2D eigenvalue weighted by Crippen LogP contribution is -2.49. The molecule has 2 aromatic heterocycles. The van der Waals surface area contributed by atoms with Crippen LogP contribution in [0.1, 0.15) is 27.0 Å². The Morgan fingerprint density at radius 2 is 1.77 bits per heavy atom. The second-order valence-electron chi connectivity index (χ2n) is 7.13. The molecule has 4 heterocycles. The van der Waals surface area contributed by atoms with Gasteiger partial charge in [-0.15, -0.1) is 11.3 Å². The third-order valence-corrected chi connectivity index (χ3v) is 6.37. The van der Waals surface area contributed by atoms with Crippen molar-refractivity contribution in [1.82, 2.24) is 14.4 Å². The Morgan fingerprint density at radius 3 is 2.58 bits per heavy atom. The van der Waals surface area contributed by atoms with Gasteiger partial charge >= 0.3 is 0 Å². The van der Waals surface area contributed by atoms with Gasteiger partial charge in [0.1, 0.15) is 5.69 Å². The molecule has 2 aliphatic rings. The van der Waals surface area contributed by atoms with Gasteiger partial charge in [0.2, 0.25) is 0 Å². The molecule has 0 radical (unpaired) electrons. The van der Waals surface area contributed by atoms with Gasteiger partial charge in [-0.05, 0) is 29.1 Å². The highest BCUT2D eigenvalue weighted by Crippen LogP contribution is 2.35. The second kappa shape index (κ2) is 6.41. The molecule has 132 valence electrons. The molecule has 5 heteroatoms. The summed E-state index contributed by atoms with van der Waals surface area (Å²) >= 11 is 1.81. The van der Waals surface area contributed by atoms with Crippen molar-refractivity contribution < 1.29 is 4.79 Å². The Bertz CT molecular complexity index is 903. The number of carbonyl (C=O) groups excluding carboxylic acids is 1. The summed E-state index contributed by atoms with van der Waals surface area (Å²) in [5.41, 5.74) is 2.01. The van der Waals surface area contributed by atoms with Crippen molar-refractivity contribution in [2.45, 2.75) is 25.2 Å². The van der Waals surface area contributed by atoms with E-state index in [1.54, 1.807) is 11.3 Å². The Morgan fingerprint density at radius 1 is 0.923 bits per heavy atom. The molecule has 4 nitrogen and oxygen atoms in total. The average Bonchev–Trinajstić information content (AvgIpc) is 3.40. The lowest BCUT2D eigenvalue weighted by atomic mass is 10.0. The minimum atomic E-state index is 0.151. The number of rotatable bonds is 4. The summed E-state index contributed by atoms with van der Waals surface area (Å²) in [5, 5.41) is 2.13. The van der Waals surface area contributed by atoms with Gasteiger partial charge in [0, 0.05) is 37.3 Å². The molecule has 1 aromatic carbocycles. The van der Waals surface area contributed by atoms with E-state index in [1.165, 1.54) is 10.4 Å². The summed E-state index contributed by atoms with van der Waals surface area (Å²) in [6.45, 7) is 3.56. The molecule has 0 aliphatic carbocycles. The molecular weight excluding hydrogens is 342 g/mol. The molecule has 2 aliphatic heterocycles. The van der Waals surface area contributed by atoms with Crippen LogP contribution >= 0.6 is 11.3 Å². The summed E-state index contributed by atoms with van der Waals surface area (Å²) in [6.07, 6.45) is 2.07. The minimum Gasteiger partial charge on any atom is -0.337 e. The van der Waals surface area contributed by atoms with E-state index in [-0.39, 0.29) is 11.9 Å². The maximum absolute atomic E-state index is 13.1. The molecule has 1 saturated heterocycles. The molecule has 0 N–H and O–H groups in total. The number of amides is 1. The first kappa shape index (κ1) is 15.9. The van der Waals surface area contributed by atoms with Crippen molar-refractivity contribution in [3.05, 3.63) is 82.3 Å². The van der Waals surface area contributed by atoms with E-state index in [2.05, 4.69) is 50.2 Å². The zero-order chi connectivity index (χ0) is 17.5. The van der Waals surface area contributed by atoms with E-state index in [0.717, 1.165) is 25.3 Å². The Hall–Kier alpha value is -2.37. The van der Waals surface area contributed by atoms with E-state index in [9.17, 15) is 4.79 Å². The van der Waals surface area contributed by atoms with E-state index >= 15 is 0 Å². The highest BCUT2D eigenvalue weighted by Gasteiger charge is 2.44. The van der Waals surface area contributed by atoms with Gasteiger partial charge in [-0.25, -0.2) is 0 Å². The Balaban J connectivity index is 1.45. The number of nitrogens with zero attached hydrogens (tertiary/aromatic N) is 3. The first-order valence-corrected chi connectivity index (χ1v) is 9.94. The maximum atomic E-state index is 13.1. The molecular formula is C21H21N3OS. The summed E-state index contributed by atoms with van der Waals surface area (Å²) < 4.78 is 2.20. The number of thiophene rings is 1. The fraction of sp³-hybridized carbons (Fsp3) is 0.286. The third kappa shape index (κ3) is 2.68. The van der Waals surface area contributed by atoms with Crippen LogP contribution in [-0.4, -0.2) is 39.4 Å². The summed E-state index contributed by atoms with van der Waals surface area (Å²) in [5.74, 6) is 0.151. The number of hydrogen-bond acceptors (Lipinski definition) is 3. The number of hydrogen-bond donors (Lipinski definition) is 0. The topological polar surface area (TPSA) is 28.5 Å². The quantitative estimate of drug-likeness (QED) is 0.708. The van der Waals surface area contributed by atoms with Gasteiger partial charge < -0.3 is 9.47 Å². The van der Waals surface area contributed by atoms with Crippen LogP contribution in [0.25, 0.3) is 0 Å². The van der Waals surface area contributed by atoms with Crippen LogP contribution in [0.4, 0.5) is 0 Å². The number of likely N-dealkylation sites (tertiary alicyclic amines) is 1. The van der Waals surface area contributed by atoms with Crippen LogP contribution in [-0.2, 0) is 13.1 Å². The average molecular weight is 363 g/mol. The van der Waals surface area contributed by atoms with Crippen molar-refractivity contribution in [2.24, 2.45) is 0 Å². The Kier molecular flexibility index (Phi) is 3.91. The lowest BCUT2D eigenvalue weighted by molar-refractivity contribution is 0.0556. The molecule has 1 fully saturated rings. The van der Waals surface area contributed by atoms with E-state index < -0.39 is 0 Å². The third-order valence-electron chi connectivity index (χ3n) is 5.51. The second-order valence-corrected chi connectivity index (χ2v) is 8.16. The first-order chi connectivity index (χ1) is 12.8. The number of carbonyl (C=O) groups is 1. The molecule has 5 rings (SSSR count). The highest BCUT2D eigenvalue weighted by molar-refractivity contribution is 7.09. The number of fused-ring (bicyclic) bond motifs is 3. The zero-order valence-corrected chi connectivity index (χ0v) is 15.3. The SMILES string of the molecule is O=C1c2cccn2[C@@H]2CN(Cc3cccs3)C[C@H]2N1Cc1ccccc1. The van der Waals surface area contributed by atoms with Gasteiger partial charge in [0.05, 0.1) is 12.1 Å². The fourth-order valence-corrected chi connectivity index (χ4v) is 5.06. The number of benzene rings is 1. The van der Waals surface area contributed by atoms with E-state index in [1.807, 2.05) is 30.3 Å². The van der Waals surface area contributed by atoms with Crippen molar-refractivity contribution >= 4 is 17.2 Å². The normalized spacial score (nSPS) is 22.5. The van der Waals surface area contributed by atoms with E-state index in [4.69, 9.17) is 0 Å². The standard InChI is InChI=1S/C21H21N3OS/c25-21-18-9-4-10-23(18)19-14-22(13-17-8-5-11-26-17)15-20(19)24(21)12-16-6-2-1-3-7-16/h1-11,19-20H,12-15H2/t19-,20-/m1/s1. The smallest absolute Gasteiger partial charge is 0.271 e. The predicted octanol–water partition coefficient (Wildman–Crippen LogP) is 3.63. The van der Waals surface area contributed by atoms with Crippen LogP contribution in [0.2, 0.25) is 0 Å². The highest BCUT2D eigenvalue weighted by atomic mass is 32.1. The largest absolute Gasteiger partial charge is 0.337 e. The van der Waals surface area contributed by atoms with Crippen molar-refractivity contribution in [3.63, 3.8) is 0 Å². The molecule has 0 bridgehead atoms. The van der Waals surface area contributed by atoms with Gasteiger partial charge in [0.25, 0.3) is 5.91 Å². The predicted molar refractivity (Wildman–Crippen MR) is 103 cm³/mol. The summed E-state index contributed by atoms with van der Waals surface area (Å²) in [4.78, 5) is 19.1. The Labute approximate surface area is 157 Å². The molecule has 26 heavy (non-hydrogen) atoms. The monoisotopic (exact) mass is 363 g/mol. The molecule has 2 atom stereocenters. The molecule has 0 saturated carbocycles. The van der Waals surface area contributed by atoms with Crippen molar-refractivity contribution in [1.29, 1.82) is 0 Å².